The van der Waals surface area contributed by atoms with E-state index in [1.165, 1.54) is 18.5 Å². The van der Waals surface area contributed by atoms with Crippen LogP contribution in [0.4, 0.5) is 0 Å². The molecule has 1 rings (SSSR count). The molecule has 1 N–H and O–H groups in total. The highest BCUT2D eigenvalue weighted by molar-refractivity contribution is 5.13. The fraction of sp³-hybridized carbons (Fsp3) is 0.800. The van der Waals surface area contributed by atoms with Crippen LogP contribution in [0.25, 0.3) is 0 Å². The van der Waals surface area contributed by atoms with E-state index < -0.39 is 0 Å². The number of aromatic nitrogens is 2. The number of rotatable bonds is 6. The van der Waals surface area contributed by atoms with Gasteiger partial charge in [-0.25, -0.2) is 0 Å². The lowest BCUT2D eigenvalue weighted by Crippen LogP contribution is -2.25. The topological polar surface area (TPSA) is 29.9 Å². The third-order valence-electron chi connectivity index (χ3n) is 3.22. The summed E-state index contributed by atoms with van der Waals surface area (Å²) in [6, 6.07) is 2.65. The maximum atomic E-state index is 4.55. The third-order valence-corrected chi connectivity index (χ3v) is 3.22. The summed E-state index contributed by atoms with van der Waals surface area (Å²) in [7, 11) is 0. The second kappa shape index (κ2) is 6.37. The van der Waals surface area contributed by atoms with Gasteiger partial charge in [-0.3, -0.25) is 4.68 Å². The van der Waals surface area contributed by atoms with E-state index in [1.54, 1.807) is 0 Å². The molecule has 18 heavy (non-hydrogen) atoms. The van der Waals surface area contributed by atoms with E-state index in [9.17, 15) is 0 Å². The van der Waals surface area contributed by atoms with Crippen LogP contribution >= 0.6 is 0 Å². The third kappa shape index (κ3) is 4.45. The van der Waals surface area contributed by atoms with Crippen molar-refractivity contribution in [2.24, 2.45) is 5.41 Å². The van der Waals surface area contributed by atoms with Gasteiger partial charge in [0, 0.05) is 12.6 Å². The van der Waals surface area contributed by atoms with Crippen molar-refractivity contribution in [1.82, 2.24) is 15.1 Å². The maximum absolute atomic E-state index is 4.55. The molecule has 0 radical (unpaired) electrons. The van der Waals surface area contributed by atoms with Crippen LogP contribution < -0.4 is 5.32 Å². The second-order valence-electron chi connectivity index (χ2n) is 6.24. The van der Waals surface area contributed by atoms with E-state index in [0.717, 1.165) is 18.8 Å². The largest absolute Gasteiger partial charge is 0.309 e. The van der Waals surface area contributed by atoms with Gasteiger partial charge in [0.05, 0.1) is 11.4 Å². The van der Waals surface area contributed by atoms with Gasteiger partial charge in [-0.15, -0.1) is 0 Å². The Balaban J connectivity index is 2.82. The zero-order valence-corrected chi connectivity index (χ0v) is 12.9. The van der Waals surface area contributed by atoms with E-state index in [1.807, 2.05) is 0 Å². The smallest absolute Gasteiger partial charge is 0.0597 e. The lowest BCUT2D eigenvalue weighted by Gasteiger charge is -2.24. The predicted octanol–water partition coefficient (Wildman–Crippen LogP) is 3.69. The first-order valence-electron chi connectivity index (χ1n) is 7.15. The molecule has 0 aromatic carbocycles. The van der Waals surface area contributed by atoms with Crippen molar-refractivity contribution in [3.63, 3.8) is 0 Å². The van der Waals surface area contributed by atoms with Crippen LogP contribution in [-0.2, 0) is 6.54 Å². The number of hydrogen-bond acceptors (Lipinski definition) is 2. The minimum atomic E-state index is 0.389. The number of nitrogens with one attached hydrogen (secondary N) is 1. The molecule has 0 amide bonds. The van der Waals surface area contributed by atoms with Gasteiger partial charge in [0.1, 0.15) is 0 Å². The van der Waals surface area contributed by atoms with E-state index in [4.69, 9.17) is 0 Å². The molecule has 0 fully saturated rings. The molecule has 3 nitrogen and oxygen atoms in total. The summed E-state index contributed by atoms with van der Waals surface area (Å²) in [5.74, 6) is 0. The van der Waals surface area contributed by atoms with Crippen molar-refractivity contribution in [1.29, 1.82) is 0 Å². The monoisotopic (exact) mass is 251 g/mol. The summed E-state index contributed by atoms with van der Waals surface area (Å²) >= 11 is 0. The Kier molecular flexibility index (Phi) is 5.39. The van der Waals surface area contributed by atoms with Crippen molar-refractivity contribution in [3.8, 4) is 0 Å². The average molecular weight is 251 g/mol. The van der Waals surface area contributed by atoms with Gasteiger partial charge in [0.25, 0.3) is 0 Å². The molecular weight excluding hydrogens is 222 g/mol. The maximum Gasteiger partial charge on any atom is 0.0597 e. The van der Waals surface area contributed by atoms with Crippen LogP contribution in [-0.4, -0.2) is 16.3 Å². The number of aryl methyl sites for hydroxylation is 2. The molecule has 1 aromatic heterocycles. The van der Waals surface area contributed by atoms with Crippen molar-refractivity contribution in [2.45, 2.75) is 67.0 Å². The minimum Gasteiger partial charge on any atom is -0.309 e. The summed E-state index contributed by atoms with van der Waals surface area (Å²) in [4.78, 5) is 0. The quantitative estimate of drug-likeness (QED) is 0.835. The zero-order valence-electron chi connectivity index (χ0n) is 12.9. The summed E-state index contributed by atoms with van der Waals surface area (Å²) in [6.07, 6.45) is 2.39. The van der Waals surface area contributed by atoms with Gasteiger partial charge in [0.15, 0.2) is 0 Å². The predicted molar refractivity (Wildman–Crippen MR) is 77.7 cm³/mol. The SMILES string of the molecule is CCNC(CCC(C)(C)C)c1cc(C)nn1CC. The molecule has 1 unspecified atom stereocenters. The average Bonchev–Trinajstić information content (AvgIpc) is 2.64. The van der Waals surface area contributed by atoms with Crippen LogP contribution in [0.15, 0.2) is 6.07 Å². The van der Waals surface area contributed by atoms with Crippen molar-refractivity contribution in [3.05, 3.63) is 17.5 Å². The number of hydrogen-bond donors (Lipinski definition) is 1. The van der Waals surface area contributed by atoms with E-state index in [0.29, 0.717) is 11.5 Å². The molecule has 0 bridgehead atoms. The standard InChI is InChI=1S/C15H29N3/c1-7-16-13(9-10-15(4,5)6)14-11-12(3)17-18(14)8-2/h11,13,16H,7-10H2,1-6H3. The first kappa shape index (κ1) is 15.2. The molecule has 0 saturated carbocycles. The molecule has 3 heteroatoms. The Labute approximate surface area is 112 Å². The second-order valence-corrected chi connectivity index (χ2v) is 6.24. The van der Waals surface area contributed by atoms with Gasteiger partial charge in [-0.2, -0.15) is 5.10 Å². The van der Waals surface area contributed by atoms with Gasteiger partial charge < -0.3 is 5.32 Å². The summed E-state index contributed by atoms with van der Waals surface area (Å²) in [5.41, 5.74) is 2.84. The Morgan fingerprint density at radius 2 is 2.00 bits per heavy atom. The lowest BCUT2D eigenvalue weighted by atomic mass is 9.88. The molecule has 104 valence electrons. The summed E-state index contributed by atoms with van der Waals surface area (Å²) in [6.45, 7) is 15.3. The fourth-order valence-electron chi connectivity index (χ4n) is 2.28. The fourth-order valence-corrected chi connectivity index (χ4v) is 2.28. The highest BCUT2D eigenvalue weighted by Gasteiger charge is 2.19. The van der Waals surface area contributed by atoms with Gasteiger partial charge in [-0.05, 0) is 44.7 Å². The van der Waals surface area contributed by atoms with Gasteiger partial charge in [-0.1, -0.05) is 27.7 Å². The Morgan fingerprint density at radius 3 is 2.50 bits per heavy atom. The zero-order chi connectivity index (χ0) is 13.8. The van der Waals surface area contributed by atoms with E-state index >= 15 is 0 Å². The van der Waals surface area contributed by atoms with Crippen LogP contribution in [0.2, 0.25) is 0 Å². The van der Waals surface area contributed by atoms with Gasteiger partial charge in [0.2, 0.25) is 0 Å². The number of nitrogens with zero attached hydrogens (tertiary/aromatic N) is 2. The van der Waals surface area contributed by atoms with Crippen molar-refractivity contribution >= 4 is 0 Å². The Hall–Kier alpha value is -0.830. The highest BCUT2D eigenvalue weighted by Crippen LogP contribution is 2.27. The first-order valence-corrected chi connectivity index (χ1v) is 7.15. The molecule has 1 aromatic rings. The molecular formula is C15H29N3. The van der Waals surface area contributed by atoms with Crippen LogP contribution in [0.5, 0.6) is 0 Å². The summed E-state index contributed by atoms with van der Waals surface area (Å²) in [5, 5.41) is 8.15. The van der Waals surface area contributed by atoms with E-state index in [2.05, 4.69) is 62.7 Å². The molecule has 1 atom stereocenters. The molecule has 0 aliphatic rings. The van der Waals surface area contributed by atoms with Crippen molar-refractivity contribution in [2.75, 3.05) is 6.54 Å². The molecule has 1 heterocycles. The van der Waals surface area contributed by atoms with Crippen LogP contribution in [0, 0.1) is 12.3 Å². The molecule has 0 aliphatic heterocycles. The van der Waals surface area contributed by atoms with Crippen LogP contribution in [0.3, 0.4) is 0 Å². The van der Waals surface area contributed by atoms with E-state index in [-0.39, 0.29) is 0 Å². The van der Waals surface area contributed by atoms with Crippen molar-refractivity contribution < 1.29 is 0 Å². The van der Waals surface area contributed by atoms with Crippen LogP contribution in [0.1, 0.15) is 64.9 Å². The Morgan fingerprint density at radius 1 is 1.33 bits per heavy atom. The Bertz CT molecular complexity index is 360. The molecule has 0 aliphatic carbocycles. The lowest BCUT2D eigenvalue weighted by molar-refractivity contribution is 0.327. The molecule has 0 spiro atoms. The minimum absolute atomic E-state index is 0.389. The summed E-state index contributed by atoms with van der Waals surface area (Å²) < 4.78 is 2.13. The normalized spacial score (nSPS) is 13.9. The highest BCUT2D eigenvalue weighted by atomic mass is 15.3. The van der Waals surface area contributed by atoms with Gasteiger partial charge >= 0.3 is 0 Å². The first-order chi connectivity index (χ1) is 8.37. The molecule has 0 saturated heterocycles.